The SMILES string of the molecule is O=C(O)CCCNc1cc(-c2ccc(-c3ccccc3CN3CCOCC3)cc2)nc2ccccc12. The zero-order valence-electron chi connectivity index (χ0n) is 20.3. The van der Waals surface area contributed by atoms with Crippen LogP contribution >= 0.6 is 0 Å². The number of benzene rings is 3. The van der Waals surface area contributed by atoms with Crippen LogP contribution in [-0.2, 0) is 16.1 Å². The molecule has 36 heavy (non-hydrogen) atoms. The van der Waals surface area contributed by atoms with E-state index in [0.29, 0.717) is 13.0 Å². The van der Waals surface area contributed by atoms with Gasteiger partial charge >= 0.3 is 5.97 Å². The number of aromatic nitrogens is 1. The smallest absolute Gasteiger partial charge is 0.303 e. The molecule has 1 saturated heterocycles. The Morgan fingerprint density at radius 3 is 2.47 bits per heavy atom. The summed E-state index contributed by atoms with van der Waals surface area (Å²) < 4.78 is 5.50. The average molecular weight is 482 g/mol. The van der Waals surface area contributed by atoms with E-state index in [1.165, 1.54) is 16.7 Å². The van der Waals surface area contributed by atoms with Gasteiger partial charge in [0.25, 0.3) is 0 Å². The number of carboxylic acids is 1. The lowest BCUT2D eigenvalue weighted by Gasteiger charge is -2.27. The second-order valence-corrected chi connectivity index (χ2v) is 9.12. The number of hydrogen-bond acceptors (Lipinski definition) is 5. The minimum absolute atomic E-state index is 0.150. The third-order valence-electron chi connectivity index (χ3n) is 6.61. The highest BCUT2D eigenvalue weighted by atomic mass is 16.5. The predicted molar refractivity (Wildman–Crippen MR) is 144 cm³/mol. The quantitative estimate of drug-likeness (QED) is 0.300. The zero-order chi connectivity index (χ0) is 24.7. The van der Waals surface area contributed by atoms with Gasteiger partial charge in [0.1, 0.15) is 0 Å². The number of pyridine rings is 1. The molecule has 3 aromatic carbocycles. The van der Waals surface area contributed by atoms with Gasteiger partial charge in [-0.25, -0.2) is 4.98 Å². The number of aliphatic carboxylic acids is 1. The highest BCUT2D eigenvalue weighted by Gasteiger charge is 2.14. The van der Waals surface area contributed by atoms with Crippen LogP contribution < -0.4 is 5.32 Å². The third kappa shape index (κ3) is 5.73. The summed E-state index contributed by atoms with van der Waals surface area (Å²) in [6.07, 6.45) is 0.719. The fourth-order valence-electron chi connectivity index (χ4n) is 4.69. The van der Waals surface area contributed by atoms with Gasteiger partial charge in [-0.2, -0.15) is 0 Å². The first-order valence-corrected chi connectivity index (χ1v) is 12.5. The number of carboxylic acid groups (broad SMARTS) is 1. The lowest BCUT2D eigenvalue weighted by Crippen LogP contribution is -2.35. The second kappa shape index (κ2) is 11.3. The predicted octanol–water partition coefficient (Wildman–Crippen LogP) is 5.68. The highest BCUT2D eigenvalue weighted by molar-refractivity contribution is 5.93. The van der Waals surface area contributed by atoms with Crippen LogP contribution in [0.3, 0.4) is 0 Å². The third-order valence-corrected chi connectivity index (χ3v) is 6.61. The minimum atomic E-state index is -0.774. The van der Waals surface area contributed by atoms with Crippen LogP contribution in [0, 0.1) is 0 Å². The summed E-state index contributed by atoms with van der Waals surface area (Å²) in [5.74, 6) is -0.774. The van der Waals surface area contributed by atoms with E-state index in [1.54, 1.807) is 0 Å². The average Bonchev–Trinajstić information content (AvgIpc) is 2.92. The number of rotatable bonds is 9. The van der Waals surface area contributed by atoms with Crippen LogP contribution in [0.5, 0.6) is 0 Å². The number of fused-ring (bicyclic) bond motifs is 1. The molecular weight excluding hydrogens is 450 g/mol. The molecule has 2 N–H and O–H groups in total. The molecule has 0 spiro atoms. The van der Waals surface area contributed by atoms with E-state index in [4.69, 9.17) is 14.8 Å². The summed E-state index contributed by atoms with van der Waals surface area (Å²) in [6, 6.07) is 27.3. The van der Waals surface area contributed by atoms with E-state index < -0.39 is 5.97 Å². The topological polar surface area (TPSA) is 74.7 Å². The van der Waals surface area contributed by atoms with Crippen molar-refractivity contribution in [3.8, 4) is 22.4 Å². The van der Waals surface area contributed by atoms with Gasteiger partial charge in [-0.15, -0.1) is 0 Å². The zero-order valence-corrected chi connectivity index (χ0v) is 20.3. The fourth-order valence-corrected chi connectivity index (χ4v) is 4.69. The van der Waals surface area contributed by atoms with Crippen LogP contribution in [0.25, 0.3) is 33.3 Å². The maximum Gasteiger partial charge on any atom is 0.303 e. The molecule has 1 aliphatic heterocycles. The van der Waals surface area contributed by atoms with Crippen molar-refractivity contribution in [2.75, 3.05) is 38.2 Å². The maximum absolute atomic E-state index is 10.9. The molecule has 0 aliphatic carbocycles. The summed E-state index contributed by atoms with van der Waals surface area (Å²) in [5, 5.41) is 13.4. The van der Waals surface area contributed by atoms with Gasteiger partial charge in [0.15, 0.2) is 0 Å². The van der Waals surface area contributed by atoms with Crippen LogP contribution in [0.4, 0.5) is 5.69 Å². The number of ether oxygens (including phenoxy) is 1. The normalized spacial score (nSPS) is 14.1. The van der Waals surface area contributed by atoms with E-state index in [-0.39, 0.29) is 6.42 Å². The summed E-state index contributed by atoms with van der Waals surface area (Å²) in [7, 11) is 0. The Bertz CT molecular complexity index is 1330. The number of carbonyl (C=O) groups is 1. The molecule has 0 unspecified atom stereocenters. The van der Waals surface area contributed by atoms with Crippen molar-refractivity contribution < 1.29 is 14.6 Å². The Morgan fingerprint density at radius 2 is 1.67 bits per heavy atom. The molecule has 6 heteroatoms. The van der Waals surface area contributed by atoms with Gasteiger partial charge in [-0.05, 0) is 35.2 Å². The van der Waals surface area contributed by atoms with E-state index in [9.17, 15) is 4.79 Å². The Morgan fingerprint density at radius 1 is 0.944 bits per heavy atom. The molecule has 1 fully saturated rings. The number of anilines is 1. The molecule has 6 nitrogen and oxygen atoms in total. The molecule has 2 heterocycles. The number of nitrogens with zero attached hydrogens (tertiary/aromatic N) is 2. The van der Waals surface area contributed by atoms with Crippen molar-refractivity contribution in [2.24, 2.45) is 0 Å². The monoisotopic (exact) mass is 481 g/mol. The molecule has 4 aromatic rings. The standard InChI is InChI=1S/C30H31N3O3/c34-30(35)10-5-15-31-29-20-28(32-27-9-4-3-8-26(27)29)23-13-11-22(12-14-23)25-7-2-1-6-24(25)21-33-16-18-36-19-17-33/h1-4,6-9,11-14,20H,5,10,15-19,21H2,(H,31,32)(H,34,35). The van der Waals surface area contributed by atoms with Gasteiger partial charge < -0.3 is 15.2 Å². The maximum atomic E-state index is 10.9. The van der Waals surface area contributed by atoms with Crippen molar-refractivity contribution >= 4 is 22.6 Å². The number of nitrogens with one attached hydrogen (secondary N) is 1. The number of morpholine rings is 1. The fraction of sp³-hybridized carbons (Fsp3) is 0.267. The first-order valence-electron chi connectivity index (χ1n) is 12.5. The van der Waals surface area contributed by atoms with Crippen LogP contribution in [0.2, 0.25) is 0 Å². The molecular formula is C30H31N3O3. The molecule has 0 amide bonds. The van der Waals surface area contributed by atoms with Crippen molar-refractivity contribution in [3.63, 3.8) is 0 Å². The van der Waals surface area contributed by atoms with E-state index in [2.05, 4.69) is 64.8 Å². The Kier molecular flexibility index (Phi) is 7.55. The van der Waals surface area contributed by atoms with Gasteiger partial charge in [0, 0.05) is 49.2 Å². The van der Waals surface area contributed by atoms with Crippen molar-refractivity contribution in [1.82, 2.24) is 9.88 Å². The van der Waals surface area contributed by atoms with Gasteiger partial charge in [-0.1, -0.05) is 66.7 Å². The molecule has 0 saturated carbocycles. The van der Waals surface area contributed by atoms with Crippen molar-refractivity contribution in [2.45, 2.75) is 19.4 Å². The molecule has 184 valence electrons. The van der Waals surface area contributed by atoms with E-state index in [0.717, 1.165) is 60.7 Å². The largest absolute Gasteiger partial charge is 0.481 e. The molecule has 0 atom stereocenters. The molecule has 0 radical (unpaired) electrons. The summed E-state index contributed by atoms with van der Waals surface area (Å²) in [6.45, 7) is 5.04. The molecule has 1 aliphatic rings. The Labute approximate surface area is 211 Å². The first-order chi connectivity index (χ1) is 17.7. The van der Waals surface area contributed by atoms with Crippen molar-refractivity contribution in [1.29, 1.82) is 0 Å². The Balaban J connectivity index is 1.39. The van der Waals surface area contributed by atoms with Gasteiger partial charge in [0.2, 0.25) is 0 Å². The summed E-state index contributed by atoms with van der Waals surface area (Å²) >= 11 is 0. The van der Waals surface area contributed by atoms with Crippen LogP contribution in [-0.4, -0.2) is 53.8 Å². The second-order valence-electron chi connectivity index (χ2n) is 9.12. The summed E-state index contributed by atoms with van der Waals surface area (Å²) in [5.41, 5.74) is 7.59. The van der Waals surface area contributed by atoms with Gasteiger partial charge in [0.05, 0.1) is 24.4 Å². The Hall–Kier alpha value is -3.74. The summed E-state index contributed by atoms with van der Waals surface area (Å²) in [4.78, 5) is 18.2. The van der Waals surface area contributed by atoms with E-state index in [1.807, 2.05) is 24.3 Å². The van der Waals surface area contributed by atoms with Gasteiger partial charge in [-0.3, -0.25) is 9.69 Å². The number of hydrogen-bond donors (Lipinski definition) is 2. The molecule has 1 aromatic heterocycles. The lowest BCUT2D eigenvalue weighted by atomic mass is 9.97. The highest BCUT2D eigenvalue weighted by Crippen LogP contribution is 2.31. The van der Waals surface area contributed by atoms with Crippen LogP contribution in [0.15, 0.2) is 78.9 Å². The molecule has 0 bridgehead atoms. The van der Waals surface area contributed by atoms with E-state index >= 15 is 0 Å². The number of para-hydroxylation sites is 1. The molecule has 5 rings (SSSR count). The minimum Gasteiger partial charge on any atom is -0.481 e. The van der Waals surface area contributed by atoms with Crippen LogP contribution in [0.1, 0.15) is 18.4 Å². The lowest BCUT2D eigenvalue weighted by molar-refractivity contribution is -0.137. The van der Waals surface area contributed by atoms with Crippen molar-refractivity contribution in [3.05, 3.63) is 84.4 Å². The first kappa shape index (κ1) is 24.0.